The summed E-state index contributed by atoms with van der Waals surface area (Å²) in [6.07, 6.45) is -3.26. The molecule has 0 heterocycles. The lowest BCUT2D eigenvalue weighted by Gasteiger charge is -2.22. The molecule has 7 nitrogen and oxygen atoms in total. The summed E-state index contributed by atoms with van der Waals surface area (Å²) in [6.45, 7) is 1.87. The van der Waals surface area contributed by atoms with Gasteiger partial charge in [-0.2, -0.15) is 13.2 Å². The van der Waals surface area contributed by atoms with Crippen LogP contribution < -0.4 is 10.6 Å². The van der Waals surface area contributed by atoms with Crippen molar-refractivity contribution in [3.8, 4) is 28.0 Å². The number of aliphatic carboxylic acids is 1. The number of carbonyl (C=O) groups is 3. The van der Waals surface area contributed by atoms with Crippen molar-refractivity contribution in [1.82, 2.24) is 10.6 Å². The summed E-state index contributed by atoms with van der Waals surface area (Å²) in [5.41, 5.74) is 1.20. The molecule has 4 rings (SSSR count). The van der Waals surface area contributed by atoms with Crippen molar-refractivity contribution in [3.05, 3.63) is 112 Å². The lowest BCUT2D eigenvalue weighted by atomic mass is 9.98. The number of rotatable bonds is 12. The number of carboxylic acids is 1. The van der Waals surface area contributed by atoms with Gasteiger partial charge in [0.1, 0.15) is 23.7 Å². The standard InChI is InChI=1S/C35H31ClF4N2O5/c1-2-3-7-29(34(46)47)41-33(45)30(16-20-8-10-21(11-9-20)22-5-4-6-25(17-22)35(38,39)40)42-32(44)26-18-23(13-15-31(26)43)24-12-14-28(37)27(36)19-24/h4-6,8-15,17-19,29-30,43H,2-3,7,16H2,1H3,(H,41,45)(H,42,44)(H,46,47)/t29-,30-/m0/s1. The first-order chi connectivity index (χ1) is 22.3. The highest BCUT2D eigenvalue weighted by Gasteiger charge is 2.31. The van der Waals surface area contributed by atoms with Gasteiger partial charge in [-0.3, -0.25) is 9.59 Å². The van der Waals surface area contributed by atoms with Crippen LogP contribution in [0.5, 0.6) is 5.75 Å². The summed E-state index contributed by atoms with van der Waals surface area (Å²) in [4.78, 5) is 38.8. The van der Waals surface area contributed by atoms with E-state index in [-0.39, 0.29) is 23.4 Å². The molecule has 0 aliphatic carbocycles. The molecule has 47 heavy (non-hydrogen) atoms. The van der Waals surface area contributed by atoms with E-state index in [2.05, 4.69) is 10.6 Å². The second-order valence-electron chi connectivity index (χ2n) is 10.9. The maximum absolute atomic E-state index is 13.7. The molecule has 4 aromatic rings. The molecular formula is C35H31ClF4N2O5. The number of hydrogen-bond donors (Lipinski definition) is 4. The molecule has 0 saturated carbocycles. The van der Waals surface area contributed by atoms with Crippen molar-refractivity contribution in [1.29, 1.82) is 0 Å². The number of carboxylic acid groups (broad SMARTS) is 1. The molecular weight excluding hydrogens is 640 g/mol. The maximum Gasteiger partial charge on any atom is 0.416 e. The average molecular weight is 671 g/mol. The van der Waals surface area contributed by atoms with E-state index >= 15 is 0 Å². The topological polar surface area (TPSA) is 116 Å². The van der Waals surface area contributed by atoms with Crippen LogP contribution in [0.3, 0.4) is 0 Å². The molecule has 2 atom stereocenters. The maximum atomic E-state index is 13.7. The number of hydrogen-bond acceptors (Lipinski definition) is 4. The Hall–Kier alpha value is -4.90. The number of nitrogens with one attached hydrogen (secondary N) is 2. The lowest BCUT2D eigenvalue weighted by molar-refractivity contribution is -0.142. The van der Waals surface area contributed by atoms with Crippen LogP contribution in [-0.4, -0.2) is 40.1 Å². The zero-order chi connectivity index (χ0) is 34.3. The Morgan fingerprint density at radius 1 is 0.830 bits per heavy atom. The Kier molecular flexibility index (Phi) is 11.3. The highest BCUT2D eigenvalue weighted by atomic mass is 35.5. The van der Waals surface area contributed by atoms with Crippen molar-refractivity contribution < 1.29 is 42.2 Å². The molecule has 0 spiro atoms. The van der Waals surface area contributed by atoms with Crippen LogP contribution in [0.15, 0.2) is 84.9 Å². The Balaban J connectivity index is 1.62. The van der Waals surface area contributed by atoms with E-state index in [0.717, 1.165) is 18.2 Å². The minimum atomic E-state index is -4.51. The number of alkyl halides is 3. The van der Waals surface area contributed by atoms with E-state index in [1.165, 1.54) is 42.5 Å². The third-order valence-corrected chi connectivity index (χ3v) is 7.78. The number of amides is 2. The van der Waals surface area contributed by atoms with Crippen LogP contribution in [0, 0.1) is 5.82 Å². The van der Waals surface area contributed by atoms with E-state index < -0.39 is 53.2 Å². The minimum absolute atomic E-state index is 0.116. The SMILES string of the molecule is CCCC[C@H](NC(=O)[C@H](Cc1ccc(-c2cccc(C(F)(F)F)c2)cc1)NC(=O)c1cc(-c2ccc(F)c(Cl)c2)ccc1O)C(=O)O. The molecule has 2 amide bonds. The fraction of sp³-hybridized carbons (Fsp3) is 0.229. The van der Waals surface area contributed by atoms with Gasteiger partial charge in [0, 0.05) is 6.42 Å². The number of carbonyl (C=O) groups excluding carboxylic acids is 2. The molecule has 0 aliphatic rings. The number of phenolic OH excluding ortho intramolecular Hbond substituents is 1. The molecule has 0 bridgehead atoms. The van der Waals surface area contributed by atoms with Gasteiger partial charge < -0.3 is 20.8 Å². The highest BCUT2D eigenvalue weighted by Crippen LogP contribution is 2.33. The molecule has 4 aromatic carbocycles. The monoisotopic (exact) mass is 670 g/mol. The first-order valence-electron chi connectivity index (χ1n) is 14.7. The zero-order valence-corrected chi connectivity index (χ0v) is 25.8. The summed E-state index contributed by atoms with van der Waals surface area (Å²) in [5.74, 6) is -3.92. The number of unbranched alkanes of at least 4 members (excludes halogenated alkanes) is 1. The normalized spacial score (nSPS) is 12.6. The molecule has 0 unspecified atom stereocenters. The molecule has 0 fully saturated rings. The fourth-order valence-corrected chi connectivity index (χ4v) is 5.08. The van der Waals surface area contributed by atoms with E-state index in [4.69, 9.17) is 11.6 Å². The summed E-state index contributed by atoms with van der Waals surface area (Å²) >= 11 is 5.91. The molecule has 12 heteroatoms. The predicted molar refractivity (Wildman–Crippen MR) is 169 cm³/mol. The summed E-state index contributed by atoms with van der Waals surface area (Å²) in [5, 5.41) is 25.1. The van der Waals surface area contributed by atoms with Crippen LogP contribution in [0.4, 0.5) is 17.6 Å². The largest absolute Gasteiger partial charge is 0.507 e. The van der Waals surface area contributed by atoms with E-state index in [9.17, 15) is 42.2 Å². The molecule has 0 saturated heterocycles. The summed E-state index contributed by atoms with van der Waals surface area (Å²) in [7, 11) is 0. The van der Waals surface area contributed by atoms with Crippen LogP contribution in [0.25, 0.3) is 22.3 Å². The van der Waals surface area contributed by atoms with Gasteiger partial charge in [0.2, 0.25) is 5.91 Å². The molecule has 4 N–H and O–H groups in total. The van der Waals surface area contributed by atoms with Crippen molar-refractivity contribution in [2.75, 3.05) is 0 Å². The van der Waals surface area contributed by atoms with Crippen LogP contribution in [-0.2, 0) is 22.2 Å². The molecule has 246 valence electrons. The van der Waals surface area contributed by atoms with Gasteiger partial charge in [-0.1, -0.05) is 79.9 Å². The molecule has 0 aromatic heterocycles. The Labute approximate surface area is 273 Å². The van der Waals surface area contributed by atoms with E-state index in [1.807, 2.05) is 6.92 Å². The first-order valence-corrected chi connectivity index (χ1v) is 15.0. The first kappa shape index (κ1) is 35.0. The van der Waals surface area contributed by atoms with Crippen LogP contribution >= 0.6 is 11.6 Å². The van der Waals surface area contributed by atoms with Crippen molar-refractivity contribution in [2.24, 2.45) is 0 Å². The third-order valence-electron chi connectivity index (χ3n) is 7.49. The number of phenols is 1. The Morgan fingerprint density at radius 2 is 1.47 bits per heavy atom. The van der Waals surface area contributed by atoms with E-state index in [0.29, 0.717) is 40.7 Å². The third kappa shape index (κ3) is 9.10. The van der Waals surface area contributed by atoms with Crippen molar-refractivity contribution in [2.45, 2.75) is 50.9 Å². The second kappa shape index (κ2) is 15.1. The summed E-state index contributed by atoms with van der Waals surface area (Å²) in [6, 6.07) is 16.7. The fourth-order valence-electron chi connectivity index (χ4n) is 4.90. The van der Waals surface area contributed by atoms with Gasteiger partial charge in [-0.05, 0) is 70.6 Å². The zero-order valence-electron chi connectivity index (χ0n) is 25.1. The quantitative estimate of drug-likeness (QED) is 0.116. The summed E-state index contributed by atoms with van der Waals surface area (Å²) < 4.78 is 53.4. The van der Waals surface area contributed by atoms with Gasteiger partial charge in [0.05, 0.1) is 16.1 Å². The van der Waals surface area contributed by atoms with Crippen molar-refractivity contribution >= 4 is 29.4 Å². The Morgan fingerprint density at radius 3 is 2.11 bits per heavy atom. The second-order valence-corrected chi connectivity index (χ2v) is 11.3. The number of halogens is 5. The van der Waals surface area contributed by atoms with Gasteiger partial charge in [-0.25, -0.2) is 9.18 Å². The van der Waals surface area contributed by atoms with Gasteiger partial charge in [0.25, 0.3) is 5.91 Å². The Bertz CT molecular complexity index is 1760. The van der Waals surface area contributed by atoms with E-state index in [1.54, 1.807) is 24.3 Å². The van der Waals surface area contributed by atoms with Gasteiger partial charge in [0.15, 0.2) is 0 Å². The van der Waals surface area contributed by atoms with Crippen LogP contribution in [0.1, 0.15) is 47.7 Å². The highest BCUT2D eigenvalue weighted by molar-refractivity contribution is 6.31. The average Bonchev–Trinajstić information content (AvgIpc) is 3.04. The van der Waals surface area contributed by atoms with Gasteiger partial charge >= 0.3 is 12.1 Å². The molecule has 0 aliphatic heterocycles. The smallest absolute Gasteiger partial charge is 0.416 e. The minimum Gasteiger partial charge on any atom is -0.507 e. The lowest BCUT2D eigenvalue weighted by Crippen LogP contribution is -2.52. The van der Waals surface area contributed by atoms with Crippen molar-refractivity contribution in [3.63, 3.8) is 0 Å². The predicted octanol–water partition coefficient (Wildman–Crippen LogP) is 7.64. The number of aromatic hydroxyl groups is 1. The number of benzene rings is 4. The van der Waals surface area contributed by atoms with Gasteiger partial charge in [-0.15, -0.1) is 0 Å². The van der Waals surface area contributed by atoms with Crippen LogP contribution in [0.2, 0.25) is 5.02 Å². The molecule has 0 radical (unpaired) electrons.